The van der Waals surface area contributed by atoms with Crippen LogP contribution in [0.2, 0.25) is 0 Å². The first-order valence-corrected chi connectivity index (χ1v) is 11.6. The zero-order valence-electron chi connectivity index (χ0n) is 18.6. The number of aliphatic hydroxyl groups is 1. The Bertz CT molecular complexity index is 936. The molecule has 1 N–H and O–H groups in total. The van der Waals surface area contributed by atoms with E-state index >= 15 is 0 Å². The molecule has 160 valence electrons. The SMILES string of the molecule is CN(C)C12CC(c3ccccc3)C(C(c3ccccc3)C1)C(O)C2Cc1ccccc1. The van der Waals surface area contributed by atoms with Crippen LogP contribution in [-0.4, -0.2) is 35.7 Å². The molecule has 4 atom stereocenters. The van der Waals surface area contributed by atoms with E-state index in [-0.39, 0.29) is 23.5 Å². The maximum atomic E-state index is 12.0. The number of fused-ring (bicyclic) bond motifs is 3. The standard InChI is InChI=1S/C29H33NO/c1-30(2)29-19-24(22-14-8-4-9-15-22)27(25(20-29)23-16-10-5-11-17-23)28(31)26(29)18-21-12-6-3-7-13-21/h3-17,24-28,31H,18-20H2,1-2H3. The molecule has 3 saturated carbocycles. The summed E-state index contributed by atoms with van der Waals surface area (Å²) in [5.41, 5.74) is 4.03. The zero-order valence-corrected chi connectivity index (χ0v) is 18.6. The van der Waals surface area contributed by atoms with Gasteiger partial charge in [-0.25, -0.2) is 0 Å². The van der Waals surface area contributed by atoms with E-state index in [4.69, 9.17) is 0 Å². The molecule has 3 fully saturated rings. The molecular weight excluding hydrogens is 378 g/mol. The van der Waals surface area contributed by atoms with Crippen molar-refractivity contribution in [1.29, 1.82) is 0 Å². The Balaban J connectivity index is 1.61. The first kappa shape index (κ1) is 20.5. The van der Waals surface area contributed by atoms with Crippen molar-refractivity contribution in [3.63, 3.8) is 0 Å². The summed E-state index contributed by atoms with van der Waals surface area (Å²) in [6.45, 7) is 0. The quantitative estimate of drug-likeness (QED) is 0.599. The lowest BCUT2D eigenvalue weighted by molar-refractivity contribution is -0.142. The molecule has 2 heteroatoms. The van der Waals surface area contributed by atoms with E-state index in [1.54, 1.807) is 0 Å². The first-order chi connectivity index (χ1) is 15.1. The summed E-state index contributed by atoms with van der Waals surface area (Å²) in [7, 11) is 4.45. The minimum Gasteiger partial charge on any atom is -0.392 e. The predicted molar refractivity (Wildman–Crippen MR) is 127 cm³/mol. The van der Waals surface area contributed by atoms with Gasteiger partial charge in [-0.15, -0.1) is 0 Å². The van der Waals surface area contributed by atoms with Crippen LogP contribution >= 0.6 is 0 Å². The van der Waals surface area contributed by atoms with Crippen molar-refractivity contribution in [1.82, 2.24) is 4.90 Å². The fourth-order valence-electron chi connectivity index (χ4n) is 6.72. The molecule has 2 nitrogen and oxygen atoms in total. The topological polar surface area (TPSA) is 23.5 Å². The van der Waals surface area contributed by atoms with Gasteiger partial charge in [0.25, 0.3) is 0 Å². The smallest absolute Gasteiger partial charge is 0.0629 e. The molecule has 6 rings (SSSR count). The lowest BCUT2D eigenvalue weighted by Crippen LogP contribution is -2.67. The Kier molecular flexibility index (Phi) is 5.45. The molecule has 0 heterocycles. The largest absolute Gasteiger partial charge is 0.392 e. The summed E-state index contributed by atoms with van der Waals surface area (Å²) in [5.74, 6) is 1.20. The van der Waals surface area contributed by atoms with Gasteiger partial charge in [0.1, 0.15) is 0 Å². The summed E-state index contributed by atoms with van der Waals surface area (Å²) in [6, 6.07) is 32.5. The Morgan fingerprint density at radius 1 is 0.742 bits per heavy atom. The molecule has 0 radical (unpaired) electrons. The minimum atomic E-state index is -0.333. The fraction of sp³-hybridized carbons (Fsp3) is 0.379. The fourth-order valence-corrected chi connectivity index (χ4v) is 6.72. The second kappa shape index (κ2) is 8.26. The van der Waals surface area contributed by atoms with Crippen molar-refractivity contribution >= 4 is 0 Å². The summed E-state index contributed by atoms with van der Waals surface area (Å²) in [6.07, 6.45) is 2.80. The van der Waals surface area contributed by atoms with Crippen LogP contribution in [0.5, 0.6) is 0 Å². The number of rotatable bonds is 5. The summed E-state index contributed by atoms with van der Waals surface area (Å²) >= 11 is 0. The molecule has 0 spiro atoms. The van der Waals surface area contributed by atoms with Gasteiger partial charge in [-0.3, -0.25) is 0 Å². The second-order valence-electron chi connectivity index (χ2n) is 9.80. The van der Waals surface area contributed by atoms with Gasteiger partial charge in [-0.2, -0.15) is 0 Å². The third kappa shape index (κ3) is 3.52. The van der Waals surface area contributed by atoms with E-state index in [1.807, 2.05) is 0 Å². The van der Waals surface area contributed by atoms with Gasteiger partial charge >= 0.3 is 0 Å². The Morgan fingerprint density at radius 2 is 1.19 bits per heavy atom. The van der Waals surface area contributed by atoms with E-state index in [9.17, 15) is 5.11 Å². The average molecular weight is 412 g/mol. The Hall–Kier alpha value is -2.42. The highest BCUT2D eigenvalue weighted by Crippen LogP contribution is 2.62. The van der Waals surface area contributed by atoms with E-state index < -0.39 is 0 Å². The van der Waals surface area contributed by atoms with Gasteiger partial charge in [0.15, 0.2) is 0 Å². The summed E-state index contributed by atoms with van der Waals surface area (Å²) in [5, 5.41) is 12.0. The van der Waals surface area contributed by atoms with Crippen LogP contribution in [-0.2, 0) is 6.42 Å². The van der Waals surface area contributed by atoms with E-state index in [0.717, 1.165) is 19.3 Å². The van der Waals surface area contributed by atoms with Crippen LogP contribution in [0.4, 0.5) is 0 Å². The molecule has 0 amide bonds. The van der Waals surface area contributed by atoms with Crippen LogP contribution < -0.4 is 0 Å². The van der Waals surface area contributed by atoms with Crippen molar-refractivity contribution in [3.05, 3.63) is 108 Å². The third-order valence-electron chi connectivity index (χ3n) is 8.22. The lowest BCUT2D eigenvalue weighted by atomic mass is 9.47. The number of benzene rings is 3. The van der Waals surface area contributed by atoms with Crippen LogP contribution in [0, 0.1) is 11.8 Å². The maximum Gasteiger partial charge on any atom is 0.0629 e. The average Bonchev–Trinajstić information content (AvgIpc) is 2.82. The zero-order chi connectivity index (χ0) is 21.4. The van der Waals surface area contributed by atoms with Gasteiger partial charge < -0.3 is 10.0 Å². The molecule has 3 aromatic rings. The predicted octanol–water partition coefficient (Wildman–Crippen LogP) is 5.50. The molecule has 3 aliphatic rings. The van der Waals surface area contributed by atoms with Gasteiger partial charge in [0, 0.05) is 11.5 Å². The Labute approximate surface area is 186 Å². The van der Waals surface area contributed by atoms with Gasteiger partial charge in [0.05, 0.1) is 6.10 Å². The van der Waals surface area contributed by atoms with Crippen LogP contribution in [0.3, 0.4) is 0 Å². The number of aliphatic hydroxyl groups excluding tert-OH is 1. The van der Waals surface area contributed by atoms with Crippen LogP contribution in [0.25, 0.3) is 0 Å². The van der Waals surface area contributed by atoms with Crippen LogP contribution in [0.1, 0.15) is 41.4 Å². The highest BCUT2D eigenvalue weighted by Gasteiger charge is 2.61. The normalized spacial score (nSPS) is 32.3. The van der Waals surface area contributed by atoms with Crippen molar-refractivity contribution in [3.8, 4) is 0 Å². The first-order valence-electron chi connectivity index (χ1n) is 11.6. The summed E-state index contributed by atoms with van der Waals surface area (Å²) < 4.78 is 0. The monoisotopic (exact) mass is 411 g/mol. The van der Waals surface area contributed by atoms with Crippen molar-refractivity contribution in [2.24, 2.45) is 11.8 Å². The van der Waals surface area contributed by atoms with Crippen LogP contribution in [0.15, 0.2) is 91.0 Å². The van der Waals surface area contributed by atoms with Crippen molar-refractivity contribution < 1.29 is 5.11 Å². The van der Waals surface area contributed by atoms with E-state index in [0.29, 0.717) is 11.8 Å². The minimum absolute atomic E-state index is 0.0367. The summed E-state index contributed by atoms with van der Waals surface area (Å²) in [4.78, 5) is 2.44. The van der Waals surface area contributed by atoms with E-state index in [1.165, 1.54) is 16.7 Å². The van der Waals surface area contributed by atoms with E-state index in [2.05, 4.69) is 110 Å². The molecule has 0 saturated heterocycles. The Morgan fingerprint density at radius 3 is 1.65 bits per heavy atom. The molecule has 0 aromatic heterocycles. The third-order valence-corrected chi connectivity index (χ3v) is 8.22. The van der Waals surface area contributed by atoms with Gasteiger partial charge in [0.2, 0.25) is 0 Å². The number of hydrogen-bond acceptors (Lipinski definition) is 2. The molecular formula is C29H33NO. The highest BCUT2D eigenvalue weighted by molar-refractivity contribution is 5.34. The lowest BCUT2D eigenvalue weighted by Gasteiger charge is -2.64. The molecule has 2 bridgehead atoms. The molecule has 31 heavy (non-hydrogen) atoms. The second-order valence-corrected chi connectivity index (χ2v) is 9.80. The van der Waals surface area contributed by atoms with Gasteiger partial charge in [-0.1, -0.05) is 91.0 Å². The molecule has 0 aliphatic heterocycles. The van der Waals surface area contributed by atoms with Gasteiger partial charge in [-0.05, 0) is 67.8 Å². The number of hydrogen-bond donors (Lipinski definition) is 1. The maximum absolute atomic E-state index is 12.0. The molecule has 4 unspecified atom stereocenters. The highest BCUT2D eigenvalue weighted by atomic mass is 16.3. The molecule has 3 aliphatic carbocycles. The van der Waals surface area contributed by atoms with Crippen molar-refractivity contribution in [2.45, 2.75) is 42.7 Å². The van der Waals surface area contributed by atoms with Crippen molar-refractivity contribution in [2.75, 3.05) is 14.1 Å². The number of nitrogens with zero attached hydrogens (tertiary/aromatic N) is 1. The molecule has 3 aromatic carbocycles.